The van der Waals surface area contributed by atoms with Crippen LogP contribution in [0.2, 0.25) is 0 Å². The van der Waals surface area contributed by atoms with Gasteiger partial charge in [0.15, 0.2) is 0 Å². The fraction of sp³-hybridized carbons (Fsp3) is 0.871. The molecule has 0 saturated heterocycles. The molecule has 6 nitrogen and oxygen atoms in total. The first-order chi connectivity index (χ1) is 17.3. The summed E-state index contributed by atoms with van der Waals surface area (Å²) >= 11 is 0. The summed E-state index contributed by atoms with van der Waals surface area (Å²) in [5, 5.41) is 21.3. The van der Waals surface area contributed by atoms with Crippen LogP contribution < -0.4 is 0 Å². The number of rotatable bonds is 3. The van der Waals surface area contributed by atoms with Crippen molar-refractivity contribution in [3.05, 3.63) is 11.1 Å². The van der Waals surface area contributed by atoms with Crippen molar-refractivity contribution < 1.29 is 29.3 Å². The van der Waals surface area contributed by atoms with E-state index in [1.807, 2.05) is 6.92 Å². The Hall–Kier alpha value is -1.40. The van der Waals surface area contributed by atoms with Crippen LogP contribution in [0.25, 0.3) is 0 Å². The molecule has 5 aliphatic carbocycles. The molecular formula is C31H46O6. The third-order valence-corrected chi connectivity index (χ3v) is 12.9. The first-order valence-electron chi connectivity index (χ1n) is 14.8. The zero-order chi connectivity index (χ0) is 26.7. The number of hydrogen-bond donors (Lipinski definition) is 2. The van der Waals surface area contributed by atoms with Gasteiger partial charge in [0.1, 0.15) is 12.2 Å². The molecule has 0 radical (unpaired) electrons. The first-order valence-corrected chi connectivity index (χ1v) is 14.8. The fourth-order valence-corrected chi connectivity index (χ4v) is 11.3. The third kappa shape index (κ3) is 3.30. The highest BCUT2D eigenvalue weighted by Crippen LogP contribution is 2.78. The van der Waals surface area contributed by atoms with Gasteiger partial charge in [-0.2, -0.15) is 0 Å². The highest BCUT2D eigenvalue weighted by molar-refractivity contribution is 5.94. The summed E-state index contributed by atoms with van der Waals surface area (Å²) < 4.78 is 12.0. The second-order valence-electron chi connectivity index (χ2n) is 14.6. The Labute approximate surface area is 221 Å². The molecule has 12 atom stereocenters. The number of aliphatic hydroxyl groups excluding tert-OH is 2. The van der Waals surface area contributed by atoms with Gasteiger partial charge in [-0.3, -0.25) is 4.79 Å². The van der Waals surface area contributed by atoms with Gasteiger partial charge in [0, 0.05) is 11.0 Å². The molecular weight excluding hydrogens is 468 g/mol. The van der Waals surface area contributed by atoms with Gasteiger partial charge in [-0.05, 0) is 98.7 Å². The molecule has 0 aromatic carbocycles. The van der Waals surface area contributed by atoms with Crippen LogP contribution >= 0.6 is 0 Å². The zero-order valence-electron chi connectivity index (χ0n) is 23.5. The maximum absolute atomic E-state index is 13.3. The quantitative estimate of drug-likeness (QED) is 0.518. The van der Waals surface area contributed by atoms with Crippen LogP contribution in [0.1, 0.15) is 99.3 Å². The van der Waals surface area contributed by atoms with Crippen LogP contribution in [-0.2, 0) is 19.1 Å². The normalized spacial score (nSPS) is 53.0. The van der Waals surface area contributed by atoms with Crippen LogP contribution in [-0.4, -0.2) is 46.6 Å². The number of aliphatic hydroxyl groups is 2. The Balaban J connectivity index is 1.47. The minimum Gasteiger partial charge on any atom is -0.461 e. The van der Waals surface area contributed by atoms with Crippen LogP contribution in [0.4, 0.5) is 0 Å². The van der Waals surface area contributed by atoms with Crippen molar-refractivity contribution in [3.63, 3.8) is 0 Å². The average molecular weight is 515 g/mol. The maximum atomic E-state index is 13.3. The van der Waals surface area contributed by atoms with Crippen LogP contribution in [0.15, 0.2) is 11.1 Å². The summed E-state index contributed by atoms with van der Waals surface area (Å²) in [5.74, 6) is 1.03. The molecule has 0 aromatic heterocycles. The maximum Gasteiger partial charge on any atom is 0.335 e. The van der Waals surface area contributed by atoms with Crippen molar-refractivity contribution in [1.82, 2.24) is 0 Å². The fourth-order valence-electron chi connectivity index (χ4n) is 11.3. The molecule has 37 heavy (non-hydrogen) atoms. The Morgan fingerprint density at radius 3 is 2.41 bits per heavy atom. The van der Waals surface area contributed by atoms with Crippen molar-refractivity contribution in [2.24, 2.45) is 45.3 Å². The molecule has 6 aliphatic rings. The number of fused-ring (bicyclic) bond motifs is 7. The zero-order valence-corrected chi connectivity index (χ0v) is 23.5. The second kappa shape index (κ2) is 8.06. The van der Waals surface area contributed by atoms with E-state index in [0.717, 1.165) is 18.8 Å². The number of carbonyl (C=O) groups excluding carboxylic acids is 2. The molecule has 6 rings (SSSR count). The highest BCUT2D eigenvalue weighted by atomic mass is 16.6. The van der Waals surface area contributed by atoms with E-state index in [0.29, 0.717) is 34.8 Å². The third-order valence-electron chi connectivity index (χ3n) is 12.9. The summed E-state index contributed by atoms with van der Waals surface area (Å²) in [5.41, 5.74) is 1.07. The SMILES string of the molecule is C[C@H](O)CC(=O)O[C@H]1C[C@@H]2[C@@]3(C)CCC[C@@]4(C[C@@H]4C)[C@@H]3CC[C@@]2(C)[C@@H]2C[C@@H](O)C3=C(C(=O)O[C@@H]3C)[C@@]12C. The van der Waals surface area contributed by atoms with E-state index in [2.05, 4.69) is 27.7 Å². The van der Waals surface area contributed by atoms with Gasteiger partial charge < -0.3 is 19.7 Å². The van der Waals surface area contributed by atoms with Crippen LogP contribution in [0.3, 0.4) is 0 Å². The largest absolute Gasteiger partial charge is 0.461 e. The lowest BCUT2D eigenvalue weighted by atomic mass is 9.35. The molecule has 0 aromatic rings. The number of ether oxygens (including phenoxy) is 2. The standard InChI is InChI=1S/C31H46O6/c1-16-15-31(16)10-7-9-28(4)20(31)8-11-29(5)21(28)14-23(37-24(34)12-17(2)32)30(6)22(29)13-19(33)25-18(3)36-27(35)26(25)30/h16-23,32-33H,7-15H2,1-6H3/t16-,17-,18+,19+,20+,21+,22-,23-,28-,29+,30+,31-/m0/s1. The number of carbonyl (C=O) groups is 2. The summed E-state index contributed by atoms with van der Waals surface area (Å²) in [7, 11) is 0. The molecule has 2 N–H and O–H groups in total. The van der Waals surface area contributed by atoms with Gasteiger partial charge in [0.05, 0.1) is 24.2 Å². The van der Waals surface area contributed by atoms with E-state index < -0.39 is 35.8 Å². The summed E-state index contributed by atoms with van der Waals surface area (Å²) in [6, 6.07) is 0. The van der Waals surface area contributed by atoms with Gasteiger partial charge in [0.2, 0.25) is 0 Å². The Morgan fingerprint density at radius 1 is 1.08 bits per heavy atom. The van der Waals surface area contributed by atoms with E-state index in [1.165, 1.54) is 32.1 Å². The molecule has 1 aliphatic heterocycles. The summed E-state index contributed by atoms with van der Waals surface area (Å²) in [6.07, 6.45) is 6.19. The second-order valence-corrected chi connectivity index (χ2v) is 14.6. The van der Waals surface area contributed by atoms with E-state index in [1.54, 1.807) is 6.92 Å². The van der Waals surface area contributed by atoms with E-state index in [9.17, 15) is 19.8 Å². The van der Waals surface area contributed by atoms with Crippen LogP contribution in [0, 0.1) is 45.3 Å². The molecule has 0 unspecified atom stereocenters. The van der Waals surface area contributed by atoms with E-state index in [-0.39, 0.29) is 29.1 Å². The summed E-state index contributed by atoms with van der Waals surface area (Å²) in [4.78, 5) is 26.4. The molecule has 0 bridgehead atoms. The monoisotopic (exact) mass is 514 g/mol. The molecule has 1 spiro atoms. The predicted molar refractivity (Wildman–Crippen MR) is 138 cm³/mol. The molecule has 1 heterocycles. The first kappa shape index (κ1) is 25.9. The van der Waals surface area contributed by atoms with Crippen LogP contribution in [0.5, 0.6) is 0 Å². The lowest BCUT2D eigenvalue weighted by molar-refractivity contribution is -0.226. The van der Waals surface area contributed by atoms with Crippen molar-refractivity contribution >= 4 is 11.9 Å². The molecule has 6 heteroatoms. The Kier molecular flexibility index (Phi) is 5.63. The lowest BCUT2D eigenvalue weighted by Crippen LogP contribution is -2.66. The van der Waals surface area contributed by atoms with Gasteiger partial charge in [-0.15, -0.1) is 0 Å². The van der Waals surface area contributed by atoms with Crippen molar-refractivity contribution in [2.75, 3.05) is 0 Å². The average Bonchev–Trinajstić information content (AvgIpc) is 3.30. The Morgan fingerprint density at radius 2 is 1.76 bits per heavy atom. The lowest BCUT2D eigenvalue weighted by Gasteiger charge is -2.69. The topological polar surface area (TPSA) is 93.1 Å². The van der Waals surface area contributed by atoms with E-state index in [4.69, 9.17) is 9.47 Å². The van der Waals surface area contributed by atoms with Gasteiger partial charge in [0.25, 0.3) is 0 Å². The Bertz CT molecular complexity index is 1050. The highest BCUT2D eigenvalue weighted by Gasteiger charge is 2.73. The van der Waals surface area contributed by atoms with Crippen molar-refractivity contribution in [3.8, 4) is 0 Å². The predicted octanol–water partition coefficient (Wildman–Crippen LogP) is 4.95. The molecule has 4 fully saturated rings. The minimum atomic E-state index is -0.782. The van der Waals surface area contributed by atoms with E-state index >= 15 is 0 Å². The summed E-state index contributed by atoms with van der Waals surface area (Å²) in [6.45, 7) is 12.9. The van der Waals surface area contributed by atoms with Crippen molar-refractivity contribution in [1.29, 1.82) is 0 Å². The van der Waals surface area contributed by atoms with Gasteiger partial charge in [-0.25, -0.2) is 4.79 Å². The van der Waals surface area contributed by atoms with Crippen molar-refractivity contribution in [2.45, 2.75) is 124 Å². The smallest absolute Gasteiger partial charge is 0.335 e. The van der Waals surface area contributed by atoms with Gasteiger partial charge in [-0.1, -0.05) is 34.1 Å². The molecule has 4 saturated carbocycles. The minimum absolute atomic E-state index is 0.00183. The molecule has 206 valence electrons. The molecule has 0 amide bonds. The number of hydrogen-bond acceptors (Lipinski definition) is 6. The number of esters is 2. The van der Waals surface area contributed by atoms with Gasteiger partial charge >= 0.3 is 11.9 Å². The number of cyclic esters (lactones) is 1.